The number of nitrogens with one attached hydrogen (secondary N) is 1. The van der Waals surface area contributed by atoms with E-state index in [0.29, 0.717) is 30.2 Å². The van der Waals surface area contributed by atoms with Gasteiger partial charge in [-0.05, 0) is 30.2 Å². The van der Waals surface area contributed by atoms with Gasteiger partial charge in [0, 0.05) is 18.7 Å². The molecule has 2 aliphatic rings. The van der Waals surface area contributed by atoms with Gasteiger partial charge in [-0.3, -0.25) is 0 Å². The van der Waals surface area contributed by atoms with Crippen molar-refractivity contribution in [2.24, 2.45) is 0 Å². The highest BCUT2D eigenvalue weighted by molar-refractivity contribution is 7.91. The van der Waals surface area contributed by atoms with Crippen molar-refractivity contribution in [1.29, 1.82) is 0 Å². The molecule has 0 aliphatic carbocycles. The van der Waals surface area contributed by atoms with Gasteiger partial charge in [-0.15, -0.1) is 0 Å². The second kappa shape index (κ2) is 6.57. The van der Waals surface area contributed by atoms with Crippen molar-refractivity contribution in [3.63, 3.8) is 0 Å². The Labute approximate surface area is 146 Å². The van der Waals surface area contributed by atoms with Gasteiger partial charge in [0.05, 0.1) is 10.6 Å². The fourth-order valence-corrected chi connectivity index (χ4v) is 4.79. The normalized spacial score (nSPS) is 20.1. The SMILES string of the molecule is O=S1(=O)CC[C@@H](NCCOc2ccc3c(c2)OCO3)c2ccccc21. The molecule has 2 aromatic rings. The molecule has 132 valence electrons. The fourth-order valence-electron chi connectivity index (χ4n) is 3.17. The second-order valence-corrected chi connectivity index (χ2v) is 8.09. The van der Waals surface area contributed by atoms with E-state index in [1.165, 1.54) is 0 Å². The number of rotatable bonds is 5. The highest BCUT2D eigenvalue weighted by Gasteiger charge is 2.29. The standard InChI is InChI=1S/C18H19NO5S/c20-25(21)10-7-15(14-3-1-2-4-18(14)25)19-8-9-22-13-5-6-16-17(11-13)24-12-23-16/h1-6,11,15,19H,7-10,12H2/t15-/m1/s1. The third-order valence-electron chi connectivity index (χ3n) is 4.41. The lowest BCUT2D eigenvalue weighted by Gasteiger charge is -2.26. The predicted molar refractivity (Wildman–Crippen MR) is 91.9 cm³/mol. The summed E-state index contributed by atoms with van der Waals surface area (Å²) >= 11 is 0. The summed E-state index contributed by atoms with van der Waals surface area (Å²) in [6, 6.07) is 12.7. The quantitative estimate of drug-likeness (QED) is 0.824. The summed E-state index contributed by atoms with van der Waals surface area (Å²) in [5.41, 5.74) is 0.844. The summed E-state index contributed by atoms with van der Waals surface area (Å²) in [6.07, 6.45) is 0.573. The van der Waals surface area contributed by atoms with Crippen LogP contribution in [-0.2, 0) is 9.84 Å². The maximum Gasteiger partial charge on any atom is 0.231 e. The van der Waals surface area contributed by atoms with Gasteiger partial charge in [0.2, 0.25) is 6.79 Å². The summed E-state index contributed by atoms with van der Waals surface area (Å²) in [7, 11) is -3.15. The molecule has 1 atom stereocenters. The molecule has 7 heteroatoms. The van der Waals surface area contributed by atoms with Crippen LogP contribution in [0.15, 0.2) is 47.4 Å². The van der Waals surface area contributed by atoms with E-state index in [9.17, 15) is 8.42 Å². The Morgan fingerprint density at radius 2 is 1.96 bits per heavy atom. The average Bonchev–Trinajstić information content (AvgIpc) is 3.08. The summed E-state index contributed by atoms with van der Waals surface area (Å²) in [5, 5.41) is 3.39. The Bertz CT molecular complexity index is 881. The maximum atomic E-state index is 12.2. The van der Waals surface area contributed by atoms with E-state index >= 15 is 0 Å². The molecule has 0 amide bonds. The molecule has 0 bridgehead atoms. The Morgan fingerprint density at radius 3 is 2.88 bits per heavy atom. The molecule has 0 radical (unpaired) electrons. The minimum absolute atomic E-state index is 0.0279. The third-order valence-corrected chi connectivity index (χ3v) is 6.23. The molecular weight excluding hydrogens is 342 g/mol. The number of hydrogen-bond donors (Lipinski definition) is 1. The van der Waals surface area contributed by atoms with Crippen molar-refractivity contribution < 1.29 is 22.6 Å². The molecule has 0 saturated heterocycles. The molecule has 4 rings (SSSR count). The largest absolute Gasteiger partial charge is 0.492 e. The van der Waals surface area contributed by atoms with Crippen molar-refractivity contribution in [3.8, 4) is 17.2 Å². The molecule has 0 fully saturated rings. The van der Waals surface area contributed by atoms with E-state index in [1.54, 1.807) is 12.1 Å². The van der Waals surface area contributed by atoms with Gasteiger partial charge >= 0.3 is 0 Å². The number of ether oxygens (including phenoxy) is 3. The molecule has 0 unspecified atom stereocenters. The van der Waals surface area contributed by atoms with E-state index in [1.807, 2.05) is 30.3 Å². The molecule has 25 heavy (non-hydrogen) atoms. The van der Waals surface area contributed by atoms with Gasteiger partial charge in [-0.25, -0.2) is 8.42 Å². The number of sulfone groups is 1. The van der Waals surface area contributed by atoms with Gasteiger partial charge in [0.1, 0.15) is 12.4 Å². The van der Waals surface area contributed by atoms with Gasteiger partial charge in [-0.1, -0.05) is 18.2 Å². The smallest absolute Gasteiger partial charge is 0.231 e. The highest BCUT2D eigenvalue weighted by Crippen LogP contribution is 2.35. The lowest BCUT2D eigenvalue weighted by molar-refractivity contribution is 0.173. The van der Waals surface area contributed by atoms with Crippen LogP contribution in [0.5, 0.6) is 17.2 Å². The zero-order valence-electron chi connectivity index (χ0n) is 13.6. The Kier molecular flexibility index (Phi) is 4.27. The monoisotopic (exact) mass is 361 g/mol. The summed E-state index contributed by atoms with van der Waals surface area (Å²) in [6.45, 7) is 1.34. The zero-order valence-corrected chi connectivity index (χ0v) is 14.4. The van der Waals surface area contributed by atoms with Crippen LogP contribution in [0.2, 0.25) is 0 Å². The molecule has 0 aromatic heterocycles. The van der Waals surface area contributed by atoms with E-state index in [-0.39, 0.29) is 18.6 Å². The van der Waals surface area contributed by atoms with Crippen LogP contribution in [0, 0.1) is 0 Å². The number of benzene rings is 2. The lowest BCUT2D eigenvalue weighted by atomic mass is 10.0. The Morgan fingerprint density at radius 1 is 1.12 bits per heavy atom. The van der Waals surface area contributed by atoms with Crippen molar-refractivity contribution >= 4 is 9.84 Å². The van der Waals surface area contributed by atoms with Crippen LogP contribution in [0.3, 0.4) is 0 Å². The first-order valence-corrected chi connectivity index (χ1v) is 9.86. The van der Waals surface area contributed by atoms with Crippen molar-refractivity contribution in [2.45, 2.75) is 17.4 Å². The third kappa shape index (κ3) is 3.29. The zero-order chi connectivity index (χ0) is 17.3. The van der Waals surface area contributed by atoms with Crippen molar-refractivity contribution in [2.75, 3.05) is 25.7 Å². The Hall–Kier alpha value is -2.25. The van der Waals surface area contributed by atoms with E-state index in [2.05, 4.69) is 5.32 Å². The number of fused-ring (bicyclic) bond motifs is 2. The second-order valence-electron chi connectivity index (χ2n) is 6.02. The summed E-state index contributed by atoms with van der Waals surface area (Å²) < 4.78 is 40.6. The molecular formula is C18H19NO5S. The summed E-state index contributed by atoms with van der Waals surface area (Å²) in [4.78, 5) is 0.440. The maximum absolute atomic E-state index is 12.2. The van der Waals surface area contributed by atoms with Gasteiger partial charge in [0.25, 0.3) is 0 Å². The highest BCUT2D eigenvalue weighted by atomic mass is 32.2. The first kappa shape index (κ1) is 16.2. The van der Waals surface area contributed by atoms with Crippen LogP contribution in [0.25, 0.3) is 0 Å². The average molecular weight is 361 g/mol. The van der Waals surface area contributed by atoms with Crippen LogP contribution in [0.1, 0.15) is 18.0 Å². The summed E-state index contributed by atoms with van der Waals surface area (Å²) in [5.74, 6) is 2.31. The minimum atomic E-state index is -3.15. The lowest BCUT2D eigenvalue weighted by Crippen LogP contribution is -2.32. The predicted octanol–water partition coefficient (Wildman–Crippen LogP) is 2.30. The van der Waals surface area contributed by atoms with Crippen LogP contribution < -0.4 is 19.5 Å². The fraction of sp³-hybridized carbons (Fsp3) is 0.333. The van der Waals surface area contributed by atoms with Crippen LogP contribution >= 0.6 is 0 Å². The first-order valence-electron chi connectivity index (χ1n) is 8.21. The molecule has 2 aliphatic heterocycles. The Balaban J connectivity index is 1.35. The molecule has 1 N–H and O–H groups in total. The molecule has 6 nitrogen and oxygen atoms in total. The molecule has 0 spiro atoms. The topological polar surface area (TPSA) is 73.9 Å². The van der Waals surface area contributed by atoms with Crippen LogP contribution in [-0.4, -0.2) is 34.1 Å². The molecule has 0 saturated carbocycles. The number of hydrogen-bond acceptors (Lipinski definition) is 6. The first-order chi connectivity index (χ1) is 12.1. The van der Waals surface area contributed by atoms with Gasteiger partial charge < -0.3 is 19.5 Å². The van der Waals surface area contributed by atoms with Crippen molar-refractivity contribution in [1.82, 2.24) is 5.32 Å². The van der Waals surface area contributed by atoms with Crippen LogP contribution in [0.4, 0.5) is 0 Å². The van der Waals surface area contributed by atoms with E-state index in [0.717, 1.165) is 17.1 Å². The molecule has 2 aromatic carbocycles. The van der Waals surface area contributed by atoms with Crippen molar-refractivity contribution in [3.05, 3.63) is 48.0 Å². The molecule has 2 heterocycles. The van der Waals surface area contributed by atoms with E-state index in [4.69, 9.17) is 14.2 Å². The van der Waals surface area contributed by atoms with Gasteiger partial charge in [-0.2, -0.15) is 0 Å². The van der Waals surface area contributed by atoms with Gasteiger partial charge in [0.15, 0.2) is 21.3 Å². The van der Waals surface area contributed by atoms with E-state index < -0.39 is 9.84 Å². The minimum Gasteiger partial charge on any atom is -0.492 e.